The Kier molecular flexibility index (Phi) is 7.35. The molecule has 0 aromatic heterocycles. The lowest BCUT2D eigenvalue weighted by Gasteiger charge is -2.27. The van der Waals surface area contributed by atoms with Gasteiger partial charge in [-0.05, 0) is 53.1 Å². The van der Waals surface area contributed by atoms with Crippen LogP contribution >= 0.6 is 11.6 Å². The molecular formula is C28H21ClN2O4. The van der Waals surface area contributed by atoms with Gasteiger partial charge in [0.25, 0.3) is 5.91 Å². The first-order chi connectivity index (χ1) is 17.0. The van der Waals surface area contributed by atoms with E-state index in [1.807, 2.05) is 0 Å². The Morgan fingerprint density at radius 1 is 0.829 bits per heavy atom. The largest absolute Gasteiger partial charge is 0.423 e. The molecule has 0 atom stereocenters. The fourth-order valence-corrected chi connectivity index (χ4v) is 3.57. The van der Waals surface area contributed by atoms with E-state index in [1.165, 1.54) is 6.21 Å². The predicted molar refractivity (Wildman–Crippen MR) is 134 cm³/mol. The van der Waals surface area contributed by atoms with Crippen molar-refractivity contribution in [2.45, 2.75) is 5.60 Å². The Bertz CT molecular complexity index is 1300. The van der Waals surface area contributed by atoms with E-state index in [4.69, 9.17) is 16.3 Å². The van der Waals surface area contributed by atoms with Crippen molar-refractivity contribution < 1.29 is 19.4 Å². The van der Waals surface area contributed by atoms with Gasteiger partial charge in [-0.25, -0.2) is 10.2 Å². The maximum Gasteiger partial charge on any atom is 0.343 e. The second kappa shape index (κ2) is 10.8. The van der Waals surface area contributed by atoms with Crippen LogP contribution in [-0.4, -0.2) is 23.2 Å². The summed E-state index contributed by atoms with van der Waals surface area (Å²) in [7, 11) is 0. The highest BCUT2D eigenvalue weighted by atomic mass is 35.5. The molecule has 6 nitrogen and oxygen atoms in total. The van der Waals surface area contributed by atoms with Crippen molar-refractivity contribution in [3.63, 3.8) is 0 Å². The smallest absolute Gasteiger partial charge is 0.343 e. The number of esters is 1. The van der Waals surface area contributed by atoms with Gasteiger partial charge in [0.05, 0.1) is 11.8 Å². The zero-order valence-corrected chi connectivity index (χ0v) is 19.2. The number of amides is 1. The van der Waals surface area contributed by atoms with Crippen LogP contribution in [-0.2, 0) is 10.4 Å². The van der Waals surface area contributed by atoms with Crippen molar-refractivity contribution in [1.82, 2.24) is 5.43 Å². The highest BCUT2D eigenvalue weighted by molar-refractivity contribution is 6.30. The lowest BCUT2D eigenvalue weighted by atomic mass is 9.85. The highest BCUT2D eigenvalue weighted by Crippen LogP contribution is 2.29. The van der Waals surface area contributed by atoms with Crippen LogP contribution in [0, 0.1) is 0 Å². The number of halogens is 1. The van der Waals surface area contributed by atoms with Gasteiger partial charge in [-0.2, -0.15) is 5.10 Å². The van der Waals surface area contributed by atoms with Crippen LogP contribution in [0.2, 0.25) is 5.02 Å². The summed E-state index contributed by atoms with van der Waals surface area (Å²) in [6.07, 6.45) is 1.40. The molecule has 174 valence electrons. The topological polar surface area (TPSA) is 88.0 Å². The van der Waals surface area contributed by atoms with Crippen LogP contribution in [0.4, 0.5) is 0 Å². The molecule has 0 spiro atoms. The molecule has 4 aromatic carbocycles. The van der Waals surface area contributed by atoms with Gasteiger partial charge < -0.3 is 9.84 Å². The summed E-state index contributed by atoms with van der Waals surface area (Å²) in [6.45, 7) is 0. The zero-order chi connectivity index (χ0) is 24.7. The molecule has 1 amide bonds. The van der Waals surface area contributed by atoms with E-state index in [9.17, 15) is 14.7 Å². The van der Waals surface area contributed by atoms with Gasteiger partial charge in [-0.1, -0.05) is 84.4 Å². The van der Waals surface area contributed by atoms with Crippen LogP contribution in [0.5, 0.6) is 5.75 Å². The molecule has 0 fully saturated rings. The number of nitrogens with zero attached hydrogens (tertiary/aromatic N) is 1. The zero-order valence-electron chi connectivity index (χ0n) is 18.5. The Labute approximate surface area is 207 Å². The van der Waals surface area contributed by atoms with E-state index in [1.54, 1.807) is 109 Å². The third-order valence-corrected chi connectivity index (χ3v) is 5.49. The maximum atomic E-state index is 13.1. The molecule has 0 bridgehead atoms. The number of carbonyl (C=O) groups is 2. The summed E-state index contributed by atoms with van der Waals surface area (Å²) in [5, 5.41) is 16.0. The molecule has 0 heterocycles. The molecule has 0 unspecified atom stereocenters. The lowest BCUT2D eigenvalue weighted by Crippen LogP contribution is -2.43. The minimum atomic E-state index is -1.93. The van der Waals surface area contributed by atoms with Crippen LogP contribution < -0.4 is 10.2 Å². The normalized spacial score (nSPS) is 11.3. The van der Waals surface area contributed by atoms with E-state index in [2.05, 4.69) is 10.5 Å². The lowest BCUT2D eigenvalue weighted by molar-refractivity contribution is -0.136. The monoisotopic (exact) mass is 484 g/mol. The van der Waals surface area contributed by atoms with Gasteiger partial charge in [0.15, 0.2) is 5.60 Å². The number of benzene rings is 4. The minimum Gasteiger partial charge on any atom is -0.423 e. The van der Waals surface area contributed by atoms with Gasteiger partial charge in [0, 0.05) is 5.02 Å². The molecule has 4 aromatic rings. The number of nitrogens with one attached hydrogen (secondary N) is 1. The molecule has 0 aliphatic heterocycles. The number of rotatable bonds is 7. The molecule has 0 radical (unpaired) electrons. The Hall–Kier alpha value is -4.26. The molecule has 2 N–H and O–H groups in total. The van der Waals surface area contributed by atoms with Gasteiger partial charge in [0.1, 0.15) is 5.75 Å². The third kappa shape index (κ3) is 5.63. The van der Waals surface area contributed by atoms with E-state index in [0.29, 0.717) is 33.0 Å². The Morgan fingerprint density at radius 3 is 2.03 bits per heavy atom. The van der Waals surface area contributed by atoms with Gasteiger partial charge >= 0.3 is 5.97 Å². The second-order valence-corrected chi connectivity index (χ2v) is 8.05. The number of aliphatic hydroxyl groups is 1. The van der Waals surface area contributed by atoms with Crippen molar-refractivity contribution >= 4 is 29.7 Å². The SMILES string of the molecule is O=C(Oc1cccc(/C=N\NC(=O)C(O)(c2ccccc2)c2ccccc2)c1)c1ccc(Cl)cc1. The van der Waals surface area contributed by atoms with Crippen molar-refractivity contribution in [3.05, 3.63) is 136 Å². The Morgan fingerprint density at radius 2 is 1.43 bits per heavy atom. The van der Waals surface area contributed by atoms with E-state index >= 15 is 0 Å². The quantitative estimate of drug-likeness (QED) is 0.168. The molecule has 0 saturated carbocycles. The predicted octanol–water partition coefficient (Wildman–Crippen LogP) is 4.95. The van der Waals surface area contributed by atoms with Crippen molar-refractivity contribution in [3.8, 4) is 5.75 Å². The number of hydrogen-bond donors (Lipinski definition) is 2. The number of hydrazone groups is 1. The first kappa shape index (κ1) is 23.9. The number of carbonyl (C=O) groups excluding carboxylic acids is 2. The molecule has 35 heavy (non-hydrogen) atoms. The van der Waals surface area contributed by atoms with Crippen LogP contribution in [0.3, 0.4) is 0 Å². The molecular weight excluding hydrogens is 464 g/mol. The summed E-state index contributed by atoms with van der Waals surface area (Å²) >= 11 is 5.85. The van der Waals surface area contributed by atoms with E-state index in [0.717, 1.165) is 0 Å². The second-order valence-electron chi connectivity index (χ2n) is 7.61. The van der Waals surface area contributed by atoms with E-state index < -0.39 is 17.5 Å². The molecule has 0 aliphatic carbocycles. The standard InChI is InChI=1S/C28H21ClN2O4/c29-24-16-14-21(15-17-24)26(32)35-25-13-7-8-20(18-25)19-30-31-27(33)28(34,22-9-3-1-4-10-22)23-11-5-2-6-12-23/h1-19,34H,(H,31,33)/b30-19-. The first-order valence-corrected chi connectivity index (χ1v) is 11.1. The highest BCUT2D eigenvalue weighted by Gasteiger charge is 2.39. The average Bonchev–Trinajstić information content (AvgIpc) is 2.89. The summed E-state index contributed by atoms with van der Waals surface area (Å²) < 4.78 is 5.41. The third-order valence-electron chi connectivity index (χ3n) is 5.24. The molecule has 0 saturated heterocycles. The first-order valence-electron chi connectivity index (χ1n) is 10.7. The van der Waals surface area contributed by atoms with Crippen molar-refractivity contribution in [1.29, 1.82) is 0 Å². The Balaban J connectivity index is 1.48. The van der Waals surface area contributed by atoms with Gasteiger partial charge in [-0.15, -0.1) is 0 Å². The number of hydrogen-bond acceptors (Lipinski definition) is 5. The maximum absolute atomic E-state index is 13.1. The summed E-state index contributed by atoms with van der Waals surface area (Å²) in [5.41, 5.74) is 2.25. The summed E-state index contributed by atoms with van der Waals surface area (Å²) in [5.74, 6) is -0.929. The average molecular weight is 485 g/mol. The fourth-order valence-electron chi connectivity index (χ4n) is 3.44. The fraction of sp³-hybridized carbons (Fsp3) is 0.0357. The van der Waals surface area contributed by atoms with Crippen LogP contribution in [0.25, 0.3) is 0 Å². The van der Waals surface area contributed by atoms with Crippen molar-refractivity contribution in [2.75, 3.05) is 0 Å². The summed E-state index contributed by atoms with van der Waals surface area (Å²) in [4.78, 5) is 25.4. The molecule has 7 heteroatoms. The van der Waals surface area contributed by atoms with Crippen LogP contribution in [0.15, 0.2) is 114 Å². The summed E-state index contributed by atoms with van der Waals surface area (Å²) in [6, 6.07) is 30.3. The molecule has 0 aliphatic rings. The minimum absolute atomic E-state index is 0.310. The van der Waals surface area contributed by atoms with Gasteiger partial charge in [0.2, 0.25) is 0 Å². The molecule has 4 rings (SSSR count). The van der Waals surface area contributed by atoms with Crippen LogP contribution in [0.1, 0.15) is 27.0 Å². The number of ether oxygens (including phenoxy) is 1. The van der Waals surface area contributed by atoms with Crippen molar-refractivity contribution in [2.24, 2.45) is 5.10 Å². The van der Waals surface area contributed by atoms with E-state index in [-0.39, 0.29) is 0 Å². The van der Waals surface area contributed by atoms with Gasteiger partial charge in [-0.3, -0.25) is 4.79 Å².